The van der Waals surface area contributed by atoms with Gasteiger partial charge in [0.25, 0.3) is 5.91 Å². The number of hydrogen-bond donors (Lipinski definition) is 2. The summed E-state index contributed by atoms with van der Waals surface area (Å²) in [6.45, 7) is 2.83. The maximum absolute atomic E-state index is 12.2. The SMILES string of the molecule is CCS(=O)(=O)c1ccccc1C(=O)OCC(=O)NC(=O)N[C@@H]1CCCC[C@H]1C. The third kappa shape index (κ3) is 5.79. The van der Waals surface area contributed by atoms with E-state index in [1.165, 1.54) is 31.2 Å². The van der Waals surface area contributed by atoms with Crippen molar-refractivity contribution in [2.45, 2.75) is 50.5 Å². The molecule has 1 saturated carbocycles. The number of imide groups is 1. The van der Waals surface area contributed by atoms with Crippen LogP contribution in [-0.4, -0.2) is 44.7 Å². The van der Waals surface area contributed by atoms with Crippen LogP contribution in [0.2, 0.25) is 0 Å². The van der Waals surface area contributed by atoms with Crippen molar-refractivity contribution in [1.82, 2.24) is 10.6 Å². The largest absolute Gasteiger partial charge is 0.452 e. The Labute approximate surface area is 164 Å². The van der Waals surface area contributed by atoms with Crippen LogP contribution in [-0.2, 0) is 19.4 Å². The third-order valence-electron chi connectivity index (χ3n) is 4.84. The Hall–Kier alpha value is -2.42. The molecular formula is C19H26N2O6S. The molecule has 1 aromatic carbocycles. The minimum Gasteiger partial charge on any atom is -0.452 e. The molecular weight excluding hydrogens is 384 g/mol. The van der Waals surface area contributed by atoms with Gasteiger partial charge >= 0.3 is 12.0 Å². The van der Waals surface area contributed by atoms with Crippen LogP contribution in [0.4, 0.5) is 4.79 Å². The van der Waals surface area contributed by atoms with Gasteiger partial charge in [0, 0.05) is 6.04 Å². The monoisotopic (exact) mass is 410 g/mol. The number of ether oxygens (including phenoxy) is 1. The van der Waals surface area contributed by atoms with Crippen molar-refractivity contribution in [3.8, 4) is 0 Å². The van der Waals surface area contributed by atoms with Gasteiger partial charge in [-0.05, 0) is 30.9 Å². The van der Waals surface area contributed by atoms with Crippen LogP contribution in [0, 0.1) is 5.92 Å². The van der Waals surface area contributed by atoms with Gasteiger partial charge in [-0.2, -0.15) is 0 Å². The molecule has 1 aliphatic carbocycles. The second kappa shape index (κ2) is 9.68. The molecule has 0 aliphatic heterocycles. The van der Waals surface area contributed by atoms with Gasteiger partial charge in [0.05, 0.1) is 16.2 Å². The summed E-state index contributed by atoms with van der Waals surface area (Å²) in [6, 6.07) is 5.02. The van der Waals surface area contributed by atoms with Crippen LogP contribution < -0.4 is 10.6 Å². The van der Waals surface area contributed by atoms with Crippen molar-refractivity contribution in [3.05, 3.63) is 29.8 Å². The van der Waals surface area contributed by atoms with E-state index < -0.39 is 34.4 Å². The molecule has 2 atom stereocenters. The maximum atomic E-state index is 12.2. The summed E-state index contributed by atoms with van der Waals surface area (Å²) in [5.41, 5.74) is -0.141. The predicted octanol–water partition coefficient (Wildman–Crippen LogP) is 2.04. The fourth-order valence-electron chi connectivity index (χ4n) is 3.17. The minimum atomic E-state index is -3.62. The van der Waals surface area contributed by atoms with E-state index in [2.05, 4.69) is 17.6 Å². The molecule has 8 nitrogen and oxygen atoms in total. The van der Waals surface area contributed by atoms with Gasteiger partial charge in [-0.25, -0.2) is 18.0 Å². The number of rotatable bonds is 6. The van der Waals surface area contributed by atoms with E-state index in [-0.39, 0.29) is 22.3 Å². The Morgan fingerprint density at radius 2 is 1.82 bits per heavy atom. The number of amides is 3. The van der Waals surface area contributed by atoms with E-state index >= 15 is 0 Å². The second-order valence-corrected chi connectivity index (χ2v) is 9.11. The highest BCUT2D eigenvalue weighted by atomic mass is 32.2. The van der Waals surface area contributed by atoms with Crippen LogP contribution in [0.25, 0.3) is 0 Å². The average molecular weight is 410 g/mol. The molecule has 1 aromatic rings. The Kier molecular flexibility index (Phi) is 7.56. The van der Waals surface area contributed by atoms with Gasteiger partial charge in [-0.3, -0.25) is 10.1 Å². The van der Waals surface area contributed by atoms with E-state index in [4.69, 9.17) is 4.74 Å². The molecule has 1 fully saturated rings. The number of nitrogens with one attached hydrogen (secondary N) is 2. The van der Waals surface area contributed by atoms with Crippen LogP contribution in [0.1, 0.15) is 49.9 Å². The molecule has 0 radical (unpaired) electrons. The highest BCUT2D eigenvalue weighted by Crippen LogP contribution is 2.23. The second-order valence-electron chi connectivity index (χ2n) is 6.87. The van der Waals surface area contributed by atoms with Crippen molar-refractivity contribution in [2.24, 2.45) is 5.92 Å². The quantitative estimate of drug-likeness (QED) is 0.693. The Bertz CT molecular complexity index is 837. The first-order valence-electron chi connectivity index (χ1n) is 9.34. The summed E-state index contributed by atoms with van der Waals surface area (Å²) in [6.07, 6.45) is 4.04. The third-order valence-corrected chi connectivity index (χ3v) is 6.62. The first kappa shape index (κ1) is 21.9. The highest BCUT2D eigenvalue weighted by Gasteiger charge is 2.24. The van der Waals surface area contributed by atoms with E-state index in [0.29, 0.717) is 5.92 Å². The smallest absolute Gasteiger partial charge is 0.339 e. The molecule has 0 heterocycles. The molecule has 3 amide bonds. The van der Waals surface area contributed by atoms with Crippen LogP contribution in [0.3, 0.4) is 0 Å². The number of sulfone groups is 1. The summed E-state index contributed by atoms with van der Waals surface area (Å²) in [4.78, 5) is 35.9. The summed E-state index contributed by atoms with van der Waals surface area (Å²) >= 11 is 0. The molecule has 9 heteroatoms. The van der Waals surface area contributed by atoms with Crippen molar-refractivity contribution >= 4 is 27.7 Å². The standard InChI is InChI=1S/C19H26N2O6S/c1-3-28(25,26)16-11-7-5-9-14(16)18(23)27-12-17(22)21-19(24)20-15-10-6-4-8-13(15)2/h5,7,9,11,13,15H,3-4,6,8,10,12H2,1-2H3,(H2,20,21,22,24)/t13-,15-/m1/s1. The van der Waals surface area contributed by atoms with Gasteiger partial charge in [0.2, 0.25) is 0 Å². The molecule has 0 bridgehead atoms. The number of urea groups is 1. The average Bonchev–Trinajstić information content (AvgIpc) is 2.68. The fourth-order valence-corrected chi connectivity index (χ4v) is 4.25. The van der Waals surface area contributed by atoms with E-state index in [0.717, 1.165) is 25.7 Å². The molecule has 28 heavy (non-hydrogen) atoms. The first-order chi connectivity index (χ1) is 13.2. The van der Waals surface area contributed by atoms with Gasteiger partial charge in [0.1, 0.15) is 0 Å². The van der Waals surface area contributed by atoms with Crippen molar-refractivity contribution in [2.75, 3.05) is 12.4 Å². The van der Waals surface area contributed by atoms with Gasteiger partial charge in [-0.15, -0.1) is 0 Å². The Balaban J connectivity index is 1.89. The number of benzene rings is 1. The Morgan fingerprint density at radius 1 is 1.14 bits per heavy atom. The maximum Gasteiger partial charge on any atom is 0.339 e. The molecule has 0 unspecified atom stereocenters. The van der Waals surface area contributed by atoms with Crippen LogP contribution in [0.5, 0.6) is 0 Å². The topological polar surface area (TPSA) is 119 Å². The molecule has 0 spiro atoms. The lowest BCUT2D eigenvalue weighted by molar-refractivity contribution is -0.123. The molecule has 154 valence electrons. The number of carbonyl (C=O) groups excluding carboxylic acids is 3. The predicted molar refractivity (Wildman–Crippen MR) is 103 cm³/mol. The summed E-state index contributed by atoms with van der Waals surface area (Å²) in [5.74, 6) is -1.56. The Morgan fingerprint density at radius 3 is 2.50 bits per heavy atom. The van der Waals surface area contributed by atoms with E-state index in [1.54, 1.807) is 0 Å². The lowest BCUT2D eigenvalue weighted by Crippen LogP contribution is -2.48. The normalized spacial score (nSPS) is 19.5. The van der Waals surface area contributed by atoms with Gasteiger partial charge < -0.3 is 10.1 Å². The number of esters is 1. The molecule has 2 rings (SSSR count). The first-order valence-corrected chi connectivity index (χ1v) is 11.0. The summed E-state index contributed by atoms with van der Waals surface area (Å²) < 4.78 is 29.1. The van der Waals surface area contributed by atoms with Gasteiger partial charge in [-0.1, -0.05) is 38.8 Å². The molecule has 2 N–H and O–H groups in total. The zero-order chi connectivity index (χ0) is 20.7. The van der Waals surface area contributed by atoms with E-state index in [9.17, 15) is 22.8 Å². The van der Waals surface area contributed by atoms with Gasteiger partial charge in [0.15, 0.2) is 16.4 Å². The van der Waals surface area contributed by atoms with Crippen LogP contribution in [0.15, 0.2) is 29.2 Å². The zero-order valence-electron chi connectivity index (χ0n) is 16.1. The molecule has 1 aliphatic rings. The highest BCUT2D eigenvalue weighted by molar-refractivity contribution is 7.91. The van der Waals surface area contributed by atoms with Crippen LogP contribution >= 0.6 is 0 Å². The van der Waals surface area contributed by atoms with Crippen molar-refractivity contribution in [1.29, 1.82) is 0 Å². The molecule has 0 aromatic heterocycles. The lowest BCUT2D eigenvalue weighted by atomic mass is 9.86. The van der Waals surface area contributed by atoms with Crippen molar-refractivity contribution < 1.29 is 27.5 Å². The number of hydrogen-bond acceptors (Lipinski definition) is 6. The summed E-state index contributed by atoms with van der Waals surface area (Å²) in [5, 5.41) is 4.89. The molecule has 0 saturated heterocycles. The number of carbonyl (C=O) groups is 3. The zero-order valence-corrected chi connectivity index (χ0v) is 16.9. The minimum absolute atomic E-state index is 0.00947. The summed E-state index contributed by atoms with van der Waals surface area (Å²) in [7, 11) is -3.62. The lowest BCUT2D eigenvalue weighted by Gasteiger charge is -2.29. The van der Waals surface area contributed by atoms with E-state index in [1.807, 2.05) is 0 Å². The fraction of sp³-hybridized carbons (Fsp3) is 0.526. The van der Waals surface area contributed by atoms with Crippen molar-refractivity contribution in [3.63, 3.8) is 0 Å².